The van der Waals surface area contributed by atoms with Crippen molar-refractivity contribution in [2.45, 2.75) is 19.2 Å². The first-order valence-corrected chi connectivity index (χ1v) is 11.2. The molecule has 0 atom stereocenters. The minimum atomic E-state index is -3.87. The molecule has 0 unspecified atom stereocenters. The predicted molar refractivity (Wildman–Crippen MR) is 147 cm³/mol. The lowest BCUT2D eigenvalue weighted by Crippen LogP contribution is -2.13. The van der Waals surface area contributed by atoms with E-state index in [9.17, 15) is 8.42 Å². The van der Waals surface area contributed by atoms with Crippen molar-refractivity contribution < 1.29 is 28.5 Å². The molecule has 0 fully saturated rings. The fourth-order valence-electron chi connectivity index (χ4n) is 2.15. The summed E-state index contributed by atoms with van der Waals surface area (Å²) < 4.78 is 28.9. The van der Waals surface area contributed by atoms with Crippen LogP contribution in [0.1, 0.15) is 14.4 Å². The summed E-state index contributed by atoms with van der Waals surface area (Å²) in [7, 11) is -3.87. The Labute approximate surface area is 220 Å². The van der Waals surface area contributed by atoms with E-state index in [1.807, 2.05) is 0 Å². The van der Waals surface area contributed by atoms with Gasteiger partial charge in [0.2, 0.25) is 10.0 Å². The third-order valence-corrected chi connectivity index (χ3v) is 4.34. The number of oxazole rings is 1. The van der Waals surface area contributed by atoms with Crippen molar-refractivity contribution in [3.05, 3.63) is 59.9 Å². The summed E-state index contributed by atoms with van der Waals surface area (Å²) in [5, 5.41) is 20.0. The molecule has 192 valence electrons. The number of hydrogen-bond acceptors (Lipinski definition) is 6. The smallest absolute Gasteiger partial charge is 0.251 e. The van der Waals surface area contributed by atoms with E-state index in [-0.39, 0.29) is 17.8 Å². The van der Waals surface area contributed by atoms with Gasteiger partial charge in [-0.25, -0.2) is 18.5 Å². The molecule has 0 aliphatic rings. The second-order valence-corrected chi connectivity index (χ2v) is 8.35. The number of nitrogens with two attached hydrogens (primary N) is 3. The summed E-state index contributed by atoms with van der Waals surface area (Å²) in [4.78, 5) is 4.14. The van der Waals surface area contributed by atoms with Crippen LogP contribution in [0.3, 0.4) is 0 Å². The van der Waals surface area contributed by atoms with Gasteiger partial charge in [-0.2, -0.15) is 0 Å². The third-order valence-electron chi connectivity index (χ3n) is 3.12. The van der Waals surface area contributed by atoms with E-state index < -0.39 is 20.4 Å². The van der Waals surface area contributed by atoms with E-state index in [0.717, 1.165) is 5.56 Å². The average Bonchev–Trinajstić information content (AvgIpc) is 3.17. The minimum Gasteiger partial charge on any atom is -0.487 e. The van der Waals surface area contributed by atoms with Gasteiger partial charge < -0.3 is 31.6 Å². The normalized spacial score (nSPS) is 8.86. The molecule has 0 bridgehead atoms. The van der Waals surface area contributed by atoms with Crippen LogP contribution in [0.15, 0.2) is 64.2 Å². The molecule has 10 nitrogen and oxygen atoms in total. The number of terminal acetylenes is 1. The molecule has 2 aromatic carbocycles. The number of aliphatic hydroxyl groups excluding tert-OH is 2. The number of sulfonamides is 1. The Morgan fingerprint density at radius 2 is 1.51 bits per heavy atom. The van der Waals surface area contributed by atoms with Gasteiger partial charge in [0.25, 0.3) is 10.3 Å². The molecule has 1 heterocycles. The lowest BCUT2D eigenvalue weighted by Gasteiger charge is -2.07. The molecule has 0 aliphatic heterocycles. The number of aromatic nitrogens is 1. The van der Waals surface area contributed by atoms with E-state index >= 15 is 0 Å². The summed E-state index contributed by atoms with van der Waals surface area (Å²) in [5.74, 6) is 2.70. The number of primary sulfonamides is 1. The van der Waals surface area contributed by atoms with Gasteiger partial charge in [-0.3, -0.25) is 0 Å². The van der Waals surface area contributed by atoms with Crippen LogP contribution in [0.4, 0.5) is 0 Å². The molecule has 1 aromatic heterocycles. The van der Waals surface area contributed by atoms with Crippen molar-refractivity contribution in [2.75, 3.05) is 0 Å². The molecule has 0 spiro atoms. The van der Waals surface area contributed by atoms with Gasteiger partial charge >= 0.3 is 0 Å². The van der Waals surface area contributed by atoms with Crippen LogP contribution >= 0.6 is 36.0 Å². The van der Waals surface area contributed by atoms with Gasteiger partial charge in [0.05, 0.1) is 4.90 Å². The number of halogens is 1. The maximum absolute atomic E-state index is 11.7. The van der Waals surface area contributed by atoms with E-state index in [2.05, 4.69) is 53.2 Å². The van der Waals surface area contributed by atoms with Gasteiger partial charge in [0.15, 0.2) is 12.2 Å². The Hall–Kier alpha value is -3.25. The quantitative estimate of drug-likeness (QED) is 0.232. The van der Waals surface area contributed by atoms with Gasteiger partial charge in [0.1, 0.15) is 5.69 Å². The lowest BCUT2D eigenvalue weighted by atomic mass is 10.1. The molecular formula is C21H27ClN4O6S3. The molecular weight excluding hydrogens is 536 g/mol. The van der Waals surface area contributed by atoms with Crippen LogP contribution in [-0.2, 0) is 10.0 Å². The standard InChI is InChI=1S/C15H11ClN2O3S.C3H4.2CH3NOS.CH4.H2O/c16-11-7-5-10(6-8-11)15-14(18-9-21-15)12-3-1-2-4-13(12)22(17,19)20;1-3-2;2*2-1(3)4;;/h1-9H,(H2,17,19,20);1H,2H3;2*(H3,2,3,4);1H4;1H2. The maximum atomic E-state index is 11.7. The van der Waals surface area contributed by atoms with Crippen molar-refractivity contribution in [1.29, 1.82) is 0 Å². The molecule has 14 heteroatoms. The average molecular weight is 563 g/mol. The largest absolute Gasteiger partial charge is 0.487 e. The monoisotopic (exact) mass is 562 g/mol. The van der Waals surface area contributed by atoms with E-state index in [1.165, 1.54) is 12.5 Å². The van der Waals surface area contributed by atoms with Crippen molar-refractivity contribution in [2.24, 2.45) is 16.6 Å². The first-order chi connectivity index (χ1) is 15.3. The second-order valence-electron chi connectivity index (χ2n) is 5.54. The molecule has 0 amide bonds. The molecule has 0 radical (unpaired) electrons. The van der Waals surface area contributed by atoms with Crippen LogP contribution in [-0.4, -0.2) is 39.4 Å². The van der Waals surface area contributed by atoms with Crippen molar-refractivity contribution in [3.63, 3.8) is 0 Å². The highest BCUT2D eigenvalue weighted by atomic mass is 35.5. The fraction of sp³-hybridized carbons (Fsp3) is 0.0952. The SMILES string of the molecule is C.C#CC.NC(O)=S.NC(O)=S.NS(=O)(=O)c1ccccc1-c1ncoc1-c1ccc(Cl)cc1.O. The van der Waals surface area contributed by atoms with E-state index in [1.54, 1.807) is 49.4 Å². The van der Waals surface area contributed by atoms with Gasteiger partial charge in [-0.05, 0) is 61.7 Å². The van der Waals surface area contributed by atoms with Crippen LogP contribution < -0.4 is 16.6 Å². The Morgan fingerprint density at radius 1 is 1.09 bits per heavy atom. The van der Waals surface area contributed by atoms with Crippen LogP contribution in [0, 0.1) is 12.3 Å². The van der Waals surface area contributed by atoms with Crippen LogP contribution in [0.2, 0.25) is 5.02 Å². The Morgan fingerprint density at radius 3 is 1.94 bits per heavy atom. The van der Waals surface area contributed by atoms with Crippen LogP contribution in [0.5, 0.6) is 0 Å². The Balaban J connectivity index is -0.000000673. The zero-order valence-electron chi connectivity index (χ0n) is 17.7. The Kier molecular flexibility index (Phi) is 18.8. The fourth-order valence-corrected chi connectivity index (χ4v) is 3.02. The summed E-state index contributed by atoms with van der Waals surface area (Å²) in [6.07, 6.45) is 5.86. The molecule has 35 heavy (non-hydrogen) atoms. The molecule has 3 aromatic rings. The molecule has 0 saturated heterocycles. The number of aliphatic hydroxyl groups is 2. The molecule has 10 N–H and O–H groups in total. The number of nitrogens with zero attached hydrogens (tertiary/aromatic N) is 1. The van der Waals surface area contributed by atoms with Crippen molar-refractivity contribution >= 4 is 56.4 Å². The topological polar surface area (TPSA) is 210 Å². The highest BCUT2D eigenvalue weighted by Gasteiger charge is 2.20. The summed E-state index contributed by atoms with van der Waals surface area (Å²) >= 11 is 13.6. The lowest BCUT2D eigenvalue weighted by molar-refractivity contribution is 0.559. The predicted octanol–water partition coefficient (Wildman–Crippen LogP) is 3.34. The van der Waals surface area contributed by atoms with E-state index in [0.29, 0.717) is 22.0 Å². The van der Waals surface area contributed by atoms with Crippen molar-refractivity contribution in [3.8, 4) is 34.9 Å². The number of benzene rings is 2. The molecule has 3 rings (SSSR count). The highest BCUT2D eigenvalue weighted by molar-refractivity contribution is 7.89. The van der Waals surface area contributed by atoms with Crippen LogP contribution in [0.25, 0.3) is 22.6 Å². The van der Waals surface area contributed by atoms with Gasteiger partial charge in [0, 0.05) is 16.1 Å². The van der Waals surface area contributed by atoms with E-state index in [4.69, 9.17) is 31.4 Å². The zero-order chi connectivity index (χ0) is 25.6. The highest BCUT2D eigenvalue weighted by Crippen LogP contribution is 2.34. The number of rotatable bonds is 3. The Bertz CT molecular complexity index is 1190. The second kappa shape index (κ2) is 18.1. The summed E-state index contributed by atoms with van der Waals surface area (Å²) in [6, 6.07) is 13.4. The molecule has 0 saturated carbocycles. The zero-order valence-corrected chi connectivity index (χ0v) is 20.9. The number of thiocarbonyl (C=S) groups is 2. The maximum Gasteiger partial charge on any atom is 0.251 e. The first kappa shape index (κ1) is 36.3. The summed E-state index contributed by atoms with van der Waals surface area (Å²) in [6.45, 7) is 1.65. The third kappa shape index (κ3) is 14.6. The summed E-state index contributed by atoms with van der Waals surface area (Å²) in [5.41, 5.74) is 10.3. The van der Waals surface area contributed by atoms with Crippen molar-refractivity contribution in [1.82, 2.24) is 4.98 Å². The minimum absolute atomic E-state index is 0. The van der Waals surface area contributed by atoms with Gasteiger partial charge in [-0.1, -0.05) is 37.2 Å². The molecule has 0 aliphatic carbocycles. The first-order valence-electron chi connectivity index (χ1n) is 8.50. The van der Waals surface area contributed by atoms with Gasteiger partial charge in [-0.15, -0.1) is 12.3 Å². The number of hydrogen-bond donors (Lipinski definition) is 5.